The van der Waals surface area contributed by atoms with Crippen LogP contribution in [0, 0.1) is 0 Å². The monoisotopic (exact) mass is 391 g/mol. The molecule has 1 aliphatic rings. The first-order chi connectivity index (χ1) is 14.1. The first kappa shape index (κ1) is 19.1. The van der Waals surface area contributed by atoms with Crippen LogP contribution in [0.5, 0.6) is 0 Å². The average Bonchev–Trinajstić information content (AvgIpc) is 3.21. The van der Waals surface area contributed by atoms with Crippen molar-refractivity contribution in [1.82, 2.24) is 19.9 Å². The summed E-state index contributed by atoms with van der Waals surface area (Å²) >= 11 is 0. The molecule has 7 heteroatoms. The summed E-state index contributed by atoms with van der Waals surface area (Å²) in [6.07, 6.45) is 0.950. The summed E-state index contributed by atoms with van der Waals surface area (Å²) in [7, 11) is 0. The fourth-order valence-corrected chi connectivity index (χ4v) is 3.59. The Hall–Kier alpha value is -3.19. The van der Waals surface area contributed by atoms with Gasteiger partial charge in [0, 0.05) is 32.7 Å². The highest BCUT2D eigenvalue weighted by molar-refractivity contribution is 5.91. The van der Waals surface area contributed by atoms with Gasteiger partial charge in [0.25, 0.3) is 0 Å². The number of anilines is 1. The molecule has 0 radical (unpaired) electrons. The number of carboxylic acid groups (broad SMARTS) is 1. The van der Waals surface area contributed by atoms with Crippen molar-refractivity contribution in [3.05, 3.63) is 71.4 Å². The van der Waals surface area contributed by atoms with E-state index in [4.69, 9.17) is 0 Å². The lowest BCUT2D eigenvalue weighted by atomic mass is 10.2. The third-order valence-electron chi connectivity index (χ3n) is 5.29. The van der Waals surface area contributed by atoms with Crippen molar-refractivity contribution < 1.29 is 9.90 Å². The molecule has 0 unspecified atom stereocenters. The number of aromatic nitrogens is 3. The van der Waals surface area contributed by atoms with Crippen LogP contribution in [0.25, 0.3) is 5.69 Å². The molecule has 0 atom stereocenters. The summed E-state index contributed by atoms with van der Waals surface area (Å²) in [4.78, 5) is 17.6. The third-order valence-corrected chi connectivity index (χ3v) is 5.29. The minimum Gasteiger partial charge on any atom is -0.476 e. The maximum atomic E-state index is 11.8. The van der Waals surface area contributed by atoms with E-state index < -0.39 is 5.97 Å². The molecule has 1 aliphatic heterocycles. The van der Waals surface area contributed by atoms with Gasteiger partial charge in [-0.2, -0.15) is 0 Å². The van der Waals surface area contributed by atoms with Crippen LogP contribution in [-0.4, -0.2) is 57.1 Å². The van der Waals surface area contributed by atoms with E-state index in [0.717, 1.165) is 44.8 Å². The van der Waals surface area contributed by atoms with Crippen molar-refractivity contribution in [2.24, 2.45) is 0 Å². The minimum absolute atomic E-state index is 0.000998. The number of hydrogen-bond acceptors (Lipinski definition) is 5. The Labute approximate surface area is 170 Å². The number of carbonyl (C=O) groups is 1. The minimum atomic E-state index is -1.05. The lowest BCUT2D eigenvalue weighted by Gasteiger charge is -2.34. The van der Waals surface area contributed by atoms with Gasteiger partial charge >= 0.3 is 5.97 Å². The summed E-state index contributed by atoms with van der Waals surface area (Å²) in [5.41, 5.74) is 3.27. The zero-order valence-corrected chi connectivity index (χ0v) is 16.5. The van der Waals surface area contributed by atoms with Crippen molar-refractivity contribution in [3.63, 3.8) is 0 Å². The molecule has 1 saturated heterocycles. The van der Waals surface area contributed by atoms with E-state index in [1.807, 2.05) is 35.2 Å². The van der Waals surface area contributed by atoms with Crippen molar-refractivity contribution in [1.29, 1.82) is 0 Å². The molecule has 150 valence electrons. The van der Waals surface area contributed by atoms with Gasteiger partial charge in [-0.25, -0.2) is 4.79 Å². The van der Waals surface area contributed by atoms with Crippen LogP contribution < -0.4 is 4.90 Å². The molecule has 1 N–H and O–H groups in total. The zero-order chi connectivity index (χ0) is 20.2. The SMILES string of the molecule is CCc1ccc(-n2nc(C(=O)O)c(N3CCN(Cc4ccccc4)CC3)n2)cc1. The number of benzene rings is 2. The Morgan fingerprint density at radius 1 is 0.931 bits per heavy atom. The van der Waals surface area contributed by atoms with E-state index in [-0.39, 0.29) is 5.69 Å². The molecule has 1 fully saturated rings. The summed E-state index contributed by atoms with van der Waals surface area (Å²) in [6.45, 7) is 6.15. The van der Waals surface area contributed by atoms with Crippen LogP contribution in [0.2, 0.25) is 0 Å². The first-order valence-corrected chi connectivity index (χ1v) is 9.95. The van der Waals surface area contributed by atoms with Crippen LogP contribution in [0.1, 0.15) is 28.5 Å². The second-order valence-electron chi connectivity index (χ2n) is 7.24. The van der Waals surface area contributed by atoms with Gasteiger partial charge in [0.05, 0.1) is 5.69 Å². The van der Waals surface area contributed by atoms with Gasteiger partial charge in [-0.15, -0.1) is 15.0 Å². The molecule has 0 saturated carbocycles. The van der Waals surface area contributed by atoms with Crippen LogP contribution in [-0.2, 0) is 13.0 Å². The molecule has 1 aromatic heterocycles. The van der Waals surface area contributed by atoms with Crippen molar-refractivity contribution in [3.8, 4) is 5.69 Å². The van der Waals surface area contributed by atoms with E-state index in [0.29, 0.717) is 5.82 Å². The van der Waals surface area contributed by atoms with Crippen molar-refractivity contribution in [2.75, 3.05) is 31.1 Å². The number of rotatable bonds is 6. The number of aromatic carboxylic acids is 1. The fraction of sp³-hybridized carbons (Fsp3) is 0.318. The van der Waals surface area contributed by atoms with Gasteiger partial charge in [-0.1, -0.05) is 49.4 Å². The first-order valence-electron chi connectivity index (χ1n) is 9.95. The number of aryl methyl sites for hydroxylation is 1. The fourth-order valence-electron chi connectivity index (χ4n) is 3.59. The van der Waals surface area contributed by atoms with Gasteiger partial charge in [0.2, 0.25) is 5.69 Å². The molecule has 29 heavy (non-hydrogen) atoms. The number of nitrogens with zero attached hydrogens (tertiary/aromatic N) is 5. The number of piperazine rings is 1. The van der Waals surface area contributed by atoms with Gasteiger partial charge in [-0.3, -0.25) is 4.90 Å². The van der Waals surface area contributed by atoms with Crippen LogP contribution in [0.4, 0.5) is 5.82 Å². The second-order valence-corrected chi connectivity index (χ2v) is 7.24. The van der Waals surface area contributed by atoms with Crippen LogP contribution >= 0.6 is 0 Å². The van der Waals surface area contributed by atoms with Crippen LogP contribution in [0.3, 0.4) is 0 Å². The average molecular weight is 391 g/mol. The van der Waals surface area contributed by atoms with Gasteiger partial charge in [0.1, 0.15) is 0 Å². The molecule has 4 rings (SSSR count). The molecule has 2 aromatic carbocycles. The number of hydrogen-bond donors (Lipinski definition) is 1. The molecule has 7 nitrogen and oxygen atoms in total. The molecular weight excluding hydrogens is 366 g/mol. The lowest BCUT2D eigenvalue weighted by Crippen LogP contribution is -2.46. The topological polar surface area (TPSA) is 74.5 Å². The lowest BCUT2D eigenvalue weighted by molar-refractivity contribution is 0.0690. The standard InChI is InChI=1S/C22H25N5O2/c1-2-17-8-10-19(11-9-17)27-23-20(22(28)29)21(24-27)26-14-12-25(13-15-26)16-18-6-4-3-5-7-18/h3-11H,2,12-16H2,1H3,(H,28,29). The molecule has 0 spiro atoms. The second kappa shape index (κ2) is 8.45. The molecular formula is C22H25N5O2. The molecule has 3 aromatic rings. The van der Waals surface area contributed by atoms with E-state index in [1.165, 1.54) is 15.9 Å². The predicted molar refractivity (Wildman–Crippen MR) is 112 cm³/mol. The summed E-state index contributed by atoms with van der Waals surface area (Å²) in [5.74, 6) is -0.612. The predicted octanol–water partition coefficient (Wildman–Crippen LogP) is 2.85. The Morgan fingerprint density at radius 3 is 2.24 bits per heavy atom. The highest BCUT2D eigenvalue weighted by Crippen LogP contribution is 2.21. The van der Waals surface area contributed by atoms with Crippen LogP contribution in [0.15, 0.2) is 54.6 Å². The maximum Gasteiger partial charge on any atom is 0.360 e. The largest absolute Gasteiger partial charge is 0.476 e. The van der Waals surface area contributed by atoms with E-state index >= 15 is 0 Å². The smallest absolute Gasteiger partial charge is 0.360 e. The molecule has 0 aliphatic carbocycles. The van der Waals surface area contributed by atoms with Gasteiger partial charge in [0.15, 0.2) is 5.82 Å². The van der Waals surface area contributed by atoms with Gasteiger partial charge < -0.3 is 10.0 Å². The Balaban J connectivity index is 1.49. The molecule has 2 heterocycles. The highest BCUT2D eigenvalue weighted by Gasteiger charge is 2.26. The van der Waals surface area contributed by atoms with Crippen molar-refractivity contribution in [2.45, 2.75) is 19.9 Å². The quantitative estimate of drug-likeness (QED) is 0.697. The van der Waals surface area contributed by atoms with Gasteiger partial charge in [-0.05, 0) is 29.7 Å². The van der Waals surface area contributed by atoms with E-state index in [1.54, 1.807) is 0 Å². The third kappa shape index (κ3) is 4.30. The normalized spacial score (nSPS) is 14.9. The Kier molecular flexibility index (Phi) is 5.57. The van der Waals surface area contributed by atoms with E-state index in [2.05, 4.69) is 46.3 Å². The van der Waals surface area contributed by atoms with Crippen molar-refractivity contribution >= 4 is 11.8 Å². The summed E-state index contributed by atoms with van der Waals surface area (Å²) in [6, 6.07) is 18.3. The highest BCUT2D eigenvalue weighted by atomic mass is 16.4. The molecule has 0 amide bonds. The zero-order valence-electron chi connectivity index (χ0n) is 16.5. The van der Waals surface area contributed by atoms with E-state index in [9.17, 15) is 9.90 Å². The Bertz CT molecular complexity index is 961. The summed E-state index contributed by atoms with van der Waals surface area (Å²) < 4.78 is 0. The number of carboxylic acids is 1. The summed E-state index contributed by atoms with van der Waals surface area (Å²) in [5, 5.41) is 18.4. The Morgan fingerprint density at radius 2 is 1.62 bits per heavy atom. The molecule has 0 bridgehead atoms. The maximum absolute atomic E-state index is 11.8.